The lowest BCUT2D eigenvalue weighted by molar-refractivity contribution is -0.113. The molecule has 1 amide bonds. The number of aromatic amines is 1. The molecule has 2 aromatic heterocycles. The summed E-state index contributed by atoms with van der Waals surface area (Å²) in [5, 5.41) is 15.5. The van der Waals surface area contributed by atoms with E-state index in [0.29, 0.717) is 22.1 Å². The first-order chi connectivity index (χ1) is 13.6. The molecule has 7 nitrogen and oxygen atoms in total. The number of anilines is 1. The van der Waals surface area contributed by atoms with E-state index in [1.807, 2.05) is 24.3 Å². The van der Waals surface area contributed by atoms with Gasteiger partial charge in [-0.2, -0.15) is 5.26 Å². The van der Waals surface area contributed by atoms with E-state index in [1.165, 1.54) is 22.5 Å². The summed E-state index contributed by atoms with van der Waals surface area (Å²) in [6, 6.07) is 14.5. The van der Waals surface area contributed by atoms with Gasteiger partial charge in [0, 0.05) is 11.8 Å². The number of nitrogens with one attached hydrogen (secondary N) is 2. The zero-order valence-electron chi connectivity index (χ0n) is 14.9. The molecule has 2 heterocycles. The SMILES string of the molecule is N#Cc1cc2c(nc1SCC(=O)Nc1cc(=O)n(-c3ccccc3)[nH]1)CCC2. The topological polar surface area (TPSA) is 104 Å². The molecule has 0 bridgehead atoms. The lowest BCUT2D eigenvalue weighted by Gasteiger charge is -2.07. The van der Waals surface area contributed by atoms with Crippen molar-refractivity contribution in [1.29, 1.82) is 5.26 Å². The second kappa shape index (κ2) is 7.74. The first-order valence-corrected chi connectivity index (χ1v) is 9.85. The first kappa shape index (κ1) is 18.1. The Morgan fingerprint density at radius 1 is 1.29 bits per heavy atom. The highest BCUT2D eigenvalue weighted by atomic mass is 32.2. The van der Waals surface area contributed by atoms with Gasteiger partial charge in [0.2, 0.25) is 5.91 Å². The molecule has 4 rings (SSSR count). The lowest BCUT2D eigenvalue weighted by Crippen LogP contribution is -2.15. The number of hydrogen-bond acceptors (Lipinski definition) is 5. The number of pyridine rings is 1. The Hall–Kier alpha value is -3.31. The van der Waals surface area contributed by atoms with Crippen LogP contribution in [0.1, 0.15) is 23.2 Å². The number of fused-ring (bicyclic) bond motifs is 1. The second-order valence-electron chi connectivity index (χ2n) is 6.43. The smallest absolute Gasteiger partial charge is 0.273 e. The van der Waals surface area contributed by atoms with Crippen LogP contribution in [0.5, 0.6) is 0 Å². The standard InChI is InChI=1S/C20H17N5O2S/c21-11-14-9-13-5-4-8-16(13)22-20(14)28-12-18(26)23-17-10-19(27)25(24-17)15-6-2-1-3-7-15/h1-3,6-7,9-10,24H,4-5,8,12H2,(H,23,26). The fourth-order valence-corrected chi connectivity index (χ4v) is 3.97. The summed E-state index contributed by atoms with van der Waals surface area (Å²) in [4.78, 5) is 29.0. The molecule has 0 spiro atoms. The monoisotopic (exact) mass is 391 g/mol. The molecule has 1 aliphatic carbocycles. The highest BCUT2D eigenvalue weighted by Crippen LogP contribution is 2.27. The van der Waals surface area contributed by atoms with Gasteiger partial charge in [-0.1, -0.05) is 30.0 Å². The third kappa shape index (κ3) is 3.70. The summed E-state index contributed by atoms with van der Waals surface area (Å²) < 4.78 is 1.36. The number of hydrogen-bond donors (Lipinski definition) is 2. The summed E-state index contributed by atoms with van der Waals surface area (Å²) in [6.07, 6.45) is 2.91. The van der Waals surface area contributed by atoms with Crippen LogP contribution in [0, 0.1) is 11.3 Å². The molecule has 0 unspecified atom stereocenters. The highest BCUT2D eigenvalue weighted by Gasteiger charge is 2.17. The molecule has 0 aliphatic heterocycles. The van der Waals surface area contributed by atoms with Crippen LogP contribution in [0.3, 0.4) is 0 Å². The maximum atomic E-state index is 12.3. The average Bonchev–Trinajstić information content (AvgIpc) is 3.31. The molecule has 0 saturated carbocycles. The minimum Gasteiger partial charge on any atom is -0.310 e. The van der Waals surface area contributed by atoms with E-state index in [0.717, 1.165) is 30.5 Å². The first-order valence-electron chi connectivity index (χ1n) is 8.87. The van der Waals surface area contributed by atoms with Crippen LogP contribution in [-0.4, -0.2) is 26.4 Å². The second-order valence-corrected chi connectivity index (χ2v) is 7.39. The molecule has 2 N–H and O–H groups in total. The van der Waals surface area contributed by atoms with Crippen LogP contribution in [-0.2, 0) is 17.6 Å². The Morgan fingerprint density at radius 2 is 2.11 bits per heavy atom. The van der Waals surface area contributed by atoms with Crippen LogP contribution in [0.15, 0.2) is 52.3 Å². The highest BCUT2D eigenvalue weighted by molar-refractivity contribution is 8.00. The van der Waals surface area contributed by atoms with Gasteiger partial charge in [0.05, 0.1) is 17.0 Å². The Kier molecular flexibility index (Phi) is 5.00. The van der Waals surface area contributed by atoms with Gasteiger partial charge in [-0.3, -0.25) is 14.7 Å². The summed E-state index contributed by atoms with van der Waals surface area (Å²) in [6.45, 7) is 0. The van der Waals surface area contributed by atoms with Crippen molar-refractivity contribution < 1.29 is 4.79 Å². The molecular formula is C20H17N5O2S. The van der Waals surface area contributed by atoms with E-state index in [4.69, 9.17) is 0 Å². The van der Waals surface area contributed by atoms with Gasteiger partial charge in [0.15, 0.2) is 0 Å². The number of benzene rings is 1. The van der Waals surface area contributed by atoms with E-state index in [9.17, 15) is 14.9 Å². The molecule has 0 saturated heterocycles. The van der Waals surface area contributed by atoms with Crippen LogP contribution in [0.2, 0.25) is 0 Å². The predicted octanol–water partition coefficient (Wildman–Crippen LogP) is 2.65. The van der Waals surface area contributed by atoms with E-state index in [-0.39, 0.29) is 17.2 Å². The van der Waals surface area contributed by atoms with Gasteiger partial charge >= 0.3 is 0 Å². The number of thioether (sulfide) groups is 1. The number of nitrogens with zero attached hydrogens (tertiary/aromatic N) is 3. The summed E-state index contributed by atoms with van der Waals surface area (Å²) in [7, 11) is 0. The zero-order valence-corrected chi connectivity index (χ0v) is 15.8. The number of aromatic nitrogens is 3. The van der Waals surface area contributed by atoms with Crippen LogP contribution in [0.4, 0.5) is 5.82 Å². The van der Waals surface area contributed by atoms with Gasteiger partial charge in [0.1, 0.15) is 16.9 Å². The van der Waals surface area contributed by atoms with E-state index < -0.39 is 0 Å². The predicted molar refractivity (Wildman–Crippen MR) is 107 cm³/mol. The van der Waals surface area contributed by atoms with Gasteiger partial charge in [-0.15, -0.1) is 0 Å². The molecule has 3 aromatic rings. The summed E-state index contributed by atoms with van der Waals surface area (Å²) in [5.74, 6) is 0.137. The fraction of sp³-hybridized carbons (Fsp3) is 0.200. The number of amides is 1. The summed E-state index contributed by atoms with van der Waals surface area (Å²) >= 11 is 1.23. The lowest BCUT2D eigenvalue weighted by atomic mass is 10.2. The van der Waals surface area contributed by atoms with E-state index >= 15 is 0 Å². The van der Waals surface area contributed by atoms with Crippen LogP contribution < -0.4 is 10.9 Å². The minimum absolute atomic E-state index is 0.0962. The average molecular weight is 391 g/mol. The number of nitriles is 1. The van der Waals surface area contributed by atoms with E-state index in [1.54, 1.807) is 12.1 Å². The normalized spacial score (nSPS) is 12.4. The van der Waals surface area contributed by atoms with Crippen molar-refractivity contribution in [3.05, 3.63) is 69.6 Å². The third-order valence-electron chi connectivity index (χ3n) is 4.49. The molecule has 140 valence electrons. The molecule has 28 heavy (non-hydrogen) atoms. The third-order valence-corrected chi connectivity index (χ3v) is 5.48. The van der Waals surface area contributed by atoms with Crippen LogP contribution in [0.25, 0.3) is 5.69 Å². The number of carbonyl (C=O) groups excluding carboxylic acids is 1. The van der Waals surface area contributed by atoms with Gasteiger partial charge < -0.3 is 5.32 Å². The maximum Gasteiger partial charge on any atom is 0.273 e. The Balaban J connectivity index is 1.44. The fourth-order valence-electron chi connectivity index (χ4n) is 3.19. The van der Waals surface area contributed by atoms with Gasteiger partial charge in [0.25, 0.3) is 5.56 Å². The number of aryl methyl sites for hydroxylation is 2. The molecule has 0 fully saturated rings. The number of para-hydroxylation sites is 1. The Morgan fingerprint density at radius 3 is 2.89 bits per heavy atom. The van der Waals surface area contributed by atoms with Crippen molar-refractivity contribution >= 4 is 23.5 Å². The number of carbonyl (C=O) groups is 1. The molecule has 1 aromatic carbocycles. The number of H-pyrrole nitrogens is 1. The Labute approximate surface area is 165 Å². The quantitative estimate of drug-likeness (QED) is 0.651. The van der Waals surface area contributed by atoms with Crippen molar-refractivity contribution in [2.45, 2.75) is 24.3 Å². The largest absolute Gasteiger partial charge is 0.310 e. The summed E-state index contributed by atoms with van der Waals surface area (Å²) in [5.41, 5.74) is 3.07. The minimum atomic E-state index is -0.280. The Bertz CT molecular complexity index is 1130. The van der Waals surface area contributed by atoms with Gasteiger partial charge in [-0.25, -0.2) is 9.67 Å². The molecule has 8 heteroatoms. The molecule has 0 radical (unpaired) electrons. The van der Waals surface area contributed by atoms with Crippen molar-refractivity contribution in [3.8, 4) is 11.8 Å². The van der Waals surface area contributed by atoms with Crippen molar-refractivity contribution in [2.24, 2.45) is 0 Å². The van der Waals surface area contributed by atoms with Crippen LogP contribution >= 0.6 is 11.8 Å². The zero-order chi connectivity index (χ0) is 19.5. The van der Waals surface area contributed by atoms with E-state index in [2.05, 4.69) is 21.5 Å². The van der Waals surface area contributed by atoms with Gasteiger partial charge in [-0.05, 0) is 43.0 Å². The molecular weight excluding hydrogens is 374 g/mol. The molecule has 1 aliphatic rings. The number of rotatable bonds is 5. The van der Waals surface area contributed by atoms with Crippen molar-refractivity contribution in [2.75, 3.05) is 11.1 Å². The van der Waals surface area contributed by atoms with Crippen molar-refractivity contribution in [3.63, 3.8) is 0 Å². The molecule has 0 atom stereocenters. The van der Waals surface area contributed by atoms with Crippen molar-refractivity contribution in [1.82, 2.24) is 14.8 Å². The maximum absolute atomic E-state index is 12.3.